The molecule has 1 aromatic heterocycles. The van der Waals surface area contributed by atoms with Crippen LogP contribution in [0.5, 0.6) is 0 Å². The van der Waals surface area contributed by atoms with Crippen molar-refractivity contribution in [3.05, 3.63) is 68.5 Å². The maximum atomic E-state index is 12.6. The molecule has 166 valence electrons. The number of likely N-dealkylation sites (tertiary alicyclic amines) is 1. The second kappa shape index (κ2) is 9.64. The molecule has 2 aromatic carbocycles. The van der Waals surface area contributed by atoms with Gasteiger partial charge in [-0.05, 0) is 56.3 Å². The van der Waals surface area contributed by atoms with Crippen LogP contribution in [0.3, 0.4) is 0 Å². The highest BCUT2D eigenvalue weighted by Crippen LogP contribution is 2.28. The maximum absolute atomic E-state index is 12.6. The van der Waals surface area contributed by atoms with Gasteiger partial charge in [-0.15, -0.1) is 0 Å². The minimum Gasteiger partial charge on any atom is -0.338 e. The molecule has 1 N–H and O–H groups in total. The summed E-state index contributed by atoms with van der Waals surface area (Å²) in [5.74, 6) is 0.588. The number of carbonyl (C=O) groups is 1. The molecular formula is C21H19Cl2N5O4. The molecule has 9 nitrogen and oxygen atoms in total. The third-order valence-corrected chi connectivity index (χ3v) is 5.89. The smallest absolute Gasteiger partial charge is 0.271 e. The maximum Gasteiger partial charge on any atom is 0.271 e. The summed E-state index contributed by atoms with van der Waals surface area (Å²) < 4.78 is 5.36. The summed E-state index contributed by atoms with van der Waals surface area (Å²) >= 11 is 12.0. The van der Waals surface area contributed by atoms with Gasteiger partial charge in [0, 0.05) is 28.6 Å². The molecule has 11 heteroatoms. The molecule has 4 rings (SSSR count). The van der Waals surface area contributed by atoms with Gasteiger partial charge < -0.3 is 9.84 Å². The number of halogens is 2. The summed E-state index contributed by atoms with van der Waals surface area (Å²) in [6.45, 7) is 1.85. The number of hydrogen-bond acceptors (Lipinski definition) is 7. The predicted molar refractivity (Wildman–Crippen MR) is 119 cm³/mol. The van der Waals surface area contributed by atoms with E-state index in [0.717, 1.165) is 5.56 Å². The van der Waals surface area contributed by atoms with E-state index in [2.05, 4.69) is 20.4 Å². The summed E-state index contributed by atoms with van der Waals surface area (Å²) in [7, 11) is 0. The lowest BCUT2D eigenvalue weighted by atomic mass is 9.96. The molecule has 1 aliphatic rings. The number of non-ortho nitro benzene ring substituents is 1. The zero-order valence-electron chi connectivity index (χ0n) is 16.8. The molecule has 3 aromatic rings. The fourth-order valence-corrected chi connectivity index (χ4v) is 3.83. The number of piperidine rings is 1. The van der Waals surface area contributed by atoms with Crippen LogP contribution in [-0.4, -0.2) is 39.0 Å². The average molecular weight is 476 g/mol. The van der Waals surface area contributed by atoms with Gasteiger partial charge >= 0.3 is 0 Å². The summed E-state index contributed by atoms with van der Waals surface area (Å²) in [5.41, 5.74) is 0.936. The molecule has 1 aliphatic heterocycles. The number of rotatable bonds is 6. The summed E-state index contributed by atoms with van der Waals surface area (Å²) in [4.78, 5) is 29.6. The summed E-state index contributed by atoms with van der Waals surface area (Å²) in [6.07, 6.45) is 1.27. The Morgan fingerprint density at radius 1 is 1.19 bits per heavy atom. The molecule has 1 saturated heterocycles. The molecule has 0 saturated carbocycles. The monoisotopic (exact) mass is 475 g/mol. The van der Waals surface area contributed by atoms with Crippen molar-refractivity contribution in [2.75, 3.05) is 18.4 Å². The molecule has 32 heavy (non-hydrogen) atoms. The number of benzene rings is 2. The number of nitrogens with zero attached hydrogens (tertiary/aromatic N) is 4. The van der Waals surface area contributed by atoms with Crippen LogP contribution in [0.15, 0.2) is 47.0 Å². The number of nitro groups is 1. The Balaban J connectivity index is 1.31. The third kappa shape index (κ3) is 5.24. The highest BCUT2D eigenvalue weighted by atomic mass is 35.5. The average Bonchev–Trinajstić information content (AvgIpc) is 3.24. The number of carbonyl (C=O) groups excluding carboxylic acids is 1. The molecule has 0 aliphatic carbocycles. The van der Waals surface area contributed by atoms with Gasteiger partial charge in [-0.25, -0.2) is 0 Å². The topological polar surface area (TPSA) is 114 Å². The molecule has 0 atom stereocenters. The fraction of sp³-hybridized carbons (Fsp3) is 0.286. The highest BCUT2D eigenvalue weighted by Gasteiger charge is 2.27. The Bertz CT molecular complexity index is 1130. The van der Waals surface area contributed by atoms with E-state index >= 15 is 0 Å². The van der Waals surface area contributed by atoms with E-state index in [1.807, 2.05) is 12.1 Å². The van der Waals surface area contributed by atoms with E-state index in [4.69, 9.17) is 27.7 Å². The number of aromatic nitrogens is 2. The minimum atomic E-state index is -0.527. The van der Waals surface area contributed by atoms with E-state index in [0.29, 0.717) is 49.2 Å². The SMILES string of the molecule is O=C(Nc1cc([N+](=O)[O-])ccc1Cl)C1CCN(Cc2nc(-c3ccc(Cl)cc3)no2)CC1. The van der Waals surface area contributed by atoms with Crippen molar-refractivity contribution < 1.29 is 14.2 Å². The molecule has 0 radical (unpaired) electrons. The molecule has 1 amide bonds. The molecule has 2 heterocycles. The van der Waals surface area contributed by atoms with Gasteiger partial charge in [0.15, 0.2) is 0 Å². The molecule has 0 bridgehead atoms. The first-order valence-corrected chi connectivity index (χ1v) is 10.7. The van der Waals surface area contributed by atoms with Gasteiger partial charge in [-0.1, -0.05) is 28.4 Å². The lowest BCUT2D eigenvalue weighted by Gasteiger charge is -2.30. The van der Waals surface area contributed by atoms with Crippen molar-refractivity contribution in [1.82, 2.24) is 15.0 Å². The Hall–Kier alpha value is -3.01. The van der Waals surface area contributed by atoms with Crippen molar-refractivity contribution in [2.45, 2.75) is 19.4 Å². The summed E-state index contributed by atoms with van der Waals surface area (Å²) in [5, 5.41) is 18.6. The van der Waals surface area contributed by atoms with Crippen molar-refractivity contribution in [2.24, 2.45) is 5.92 Å². The zero-order chi connectivity index (χ0) is 22.7. The van der Waals surface area contributed by atoms with Gasteiger partial charge in [0.25, 0.3) is 5.69 Å². The molecular weight excluding hydrogens is 457 g/mol. The number of anilines is 1. The first-order valence-electron chi connectivity index (χ1n) is 9.95. The Labute approximate surface area is 193 Å². The zero-order valence-corrected chi connectivity index (χ0v) is 18.3. The lowest BCUT2D eigenvalue weighted by Crippen LogP contribution is -2.37. The van der Waals surface area contributed by atoms with E-state index in [1.165, 1.54) is 18.2 Å². The van der Waals surface area contributed by atoms with Gasteiger partial charge in [0.1, 0.15) is 0 Å². The normalized spacial score (nSPS) is 14.9. The largest absolute Gasteiger partial charge is 0.338 e. The van der Waals surface area contributed by atoms with Crippen LogP contribution >= 0.6 is 23.2 Å². The number of amides is 1. The number of hydrogen-bond donors (Lipinski definition) is 1. The van der Waals surface area contributed by atoms with Crippen molar-refractivity contribution >= 4 is 40.5 Å². The van der Waals surface area contributed by atoms with E-state index < -0.39 is 4.92 Å². The molecule has 1 fully saturated rings. The van der Waals surface area contributed by atoms with E-state index in [1.54, 1.807) is 12.1 Å². The van der Waals surface area contributed by atoms with Gasteiger partial charge in [0.2, 0.25) is 17.6 Å². The van der Waals surface area contributed by atoms with Crippen LogP contribution < -0.4 is 5.32 Å². The third-order valence-electron chi connectivity index (χ3n) is 5.31. The van der Waals surface area contributed by atoms with Gasteiger partial charge in [-0.2, -0.15) is 4.98 Å². The van der Waals surface area contributed by atoms with Crippen molar-refractivity contribution in [3.8, 4) is 11.4 Å². The van der Waals surface area contributed by atoms with Crippen LogP contribution in [0, 0.1) is 16.0 Å². The van der Waals surface area contributed by atoms with E-state index in [-0.39, 0.29) is 28.2 Å². The Morgan fingerprint density at radius 3 is 2.59 bits per heavy atom. The lowest BCUT2D eigenvalue weighted by molar-refractivity contribution is -0.384. The first kappa shape index (κ1) is 22.2. The second-order valence-electron chi connectivity index (χ2n) is 7.48. The summed E-state index contributed by atoms with van der Waals surface area (Å²) in [6, 6.07) is 11.2. The van der Waals surface area contributed by atoms with Crippen LogP contribution in [0.2, 0.25) is 10.0 Å². The van der Waals surface area contributed by atoms with E-state index in [9.17, 15) is 14.9 Å². The Morgan fingerprint density at radius 2 is 1.91 bits per heavy atom. The van der Waals surface area contributed by atoms with Gasteiger partial charge in [0.05, 0.1) is 22.2 Å². The van der Waals surface area contributed by atoms with Crippen molar-refractivity contribution in [1.29, 1.82) is 0 Å². The number of nitrogens with one attached hydrogen (secondary N) is 1. The predicted octanol–water partition coefficient (Wildman–Crippen LogP) is 4.80. The minimum absolute atomic E-state index is 0.128. The van der Waals surface area contributed by atoms with Crippen LogP contribution in [0.1, 0.15) is 18.7 Å². The first-order chi connectivity index (χ1) is 15.4. The fourth-order valence-electron chi connectivity index (χ4n) is 3.54. The van der Waals surface area contributed by atoms with Crippen LogP contribution in [0.25, 0.3) is 11.4 Å². The molecule has 0 spiro atoms. The standard InChI is InChI=1S/C21H19Cl2N5O4/c22-15-3-1-13(2-4-15)20-25-19(32-26-20)12-27-9-7-14(8-10-27)21(29)24-18-11-16(28(30)31)5-6-17(18)23/h1-6,11,14H,7-10,12H2,(H,24,29). The Kier molecular flexibility index (Phi) is 6.69. The van der Waals surface area contributed by atoms with Crippen LogP contribution in [0.4, 0.5) is 11.4 Å². The number of nitro benzene ring substituents is 1. The second-order valence-corrected chi connectivity index (χ2v) is 8.32. The quantitative estimate of drug-likeness (QED) is 0.401. The van der Waals surface area contributed by atoms with Crippen LogP contribution in [-0.2, 0) is 11.3 Å². The molecule has 0 unspecified atom stereocenters. The van der Waals surface area contributed by atoms with Gasteiger partial charge in [-0.3, -0.25) is 19.8 Å². The highest BCUT2D eigenvalue weighted by molar-refractivity contribution is 6.33. The van der Waals surface area contributed by atoms with Crippen molar-refractivity contribution in [3.63, 3.8) is 0 Å².